The summed E-state index contributed by atoms with van der Waals surface area (Å²) in [6.07, 6.45) is 0. The molecule has 0 radical (unpaired) electrons. The SMILES string of the molecule is N#CC(C#N)c1cc(=O)c2ccccc2o1. The highest BCUT2D eigenvalue weighted by Gasteiger charge is 2.14. The molecule has 0 aliphatic heterocycles. The molecule has 0 amide bonds. The molecule has 2 rings (SSSR count). The maximum absolute atomic E-state index is 11.7. The van der Waals surface area contributed by atoms with Gasteiger partial charge in [-0.1, -0.05) is 12.1 Å². The number of nitrogens with zero attached hydrogens (tertiary/aromatic N) is 2. The van der Waals surface area contributed by atoms with Crippen molar-refractivity contribution in [2.45, 2.75) is 5.92 Å². The Morgan fingerprint density at radius 3 is 2.56 bits per heavy atom. The largest absolute Gasteiger partial charge is 0.458 e. The number of hydrogen-bond donors (Lipinski definition) is 0. The predicted octanol–water partition coefficient (Wildman–Crippen LogP) is 1.92. The molecule has 1 heterocycles. The van der Waals surface area contributed by atoms with Gasteiger partial charge in [0.1, 0.15) is 11.3 Å². The van der Waals surface area contributed by atoms with Crippen molar-refractivity contribution >= 4 is 11.0 Å². The Labute approximate surface area is 91.0 Å². The maximum atomic E-state index is 11.7. The molecular weight excluding hydrogens is 204 g/mol. The van der Waals surface area contributed by atoms with Gasteiger partial charge in [-0.25, -0.2) is 0 Å². The first kappa shape index (κ1) is 9.95. The zero-order chi connectivity index (χ0) is 11.5. The van der Waals surface area contributed by atoms with E-state index in [-0.39, 0.29) is 11.2 Å². The molecule has 1 aromatic carbocycles. The van der Waals surface area contributed by atoms with Crippen molar-refractivity contribution < 1.29 is 4.42 Å². The molecule has 2 aromatic rings. The third-order valence-corrected chi connectivity index (χ3v) is 2.20. The second-order valence-electron chi connectivity index (χ2n) is 3.20. The first-order chi connectivity index (χ1) is 7.76. The first-order valence-electron chi connectivity index (χ1n) is 4.58. The molecule has 76 valence electrons. The Hall–Kier alpha value is -2.59. The third kappa shape index (κ3) is 1.53. The van der Waals surface area contributed by atoms with Crippen LogP contribution in [0.5, 0.6) is 0 Å². The van der Waals surface area contributed by atoms with E-state index in [1.165, 1.54) is 6.07 Å². The van der Waals surface area contributed by atoms with Crippen LogP contribution >= 0.6 is 0 Å². The molecule has 0 aliphatic carbocycles. The highest BCUT2D eigenvalue weighted by molar-refractivity contribution is 5.76. The zero-order valence-electron chi connectivity index (χ0n) is 8.18. The maximum Gasteiger partial charge on any atom is 0.193 e. The lowest BCUT2D eigenvalue weighted by Gasteiger charge is -2.01. The van der Waals surface area contributed by atoms with Gasteiger partial charge >= 0.3 is 0 Å². The average Bonchev–Trinajstić information content (AvgIpc) is 2.31. The van der Waals surface area contributed by atoms with Gasteiger partial charge in [-0.05, 0) is 12.1 Å². The van der Waals surface area contributed by atoms with Gasteiger partial charge in [0.05, 0.1) is 17.5 Å². The van der Waals surface area contributed by atoms with Gasteiger partial charge in [0, 0.05) is 6.07 Å². The topological polar surface area (TPSA) is 77.8 Å². The van der Waals surface area contributed by atoms with Crippen molar-refractivity contribution in [2.24, 2.45) is 0 Å². The van der Waals surface area contributed by atoms with E-state index in [0.29, 0.717) is 11.0 Å². The van der Waals surface area contributed by atoms with Crippen LogP contribution in [-0.4, -0.2) is 0 Å². The lowest BCUT2D eigenvalue weighted by Crippen LogP contribution is -2.04. The van der Waals surface area contributed by atoms with Gasteiger partial charge in [-0.2, -0.15) is 10.5 Å². The fourth-order valence-corrected chi connectivity index (χ4v) is 1.42. The molecule has 0 bridgehead atoms. The molecule has 4 nitrogen and oxygen atoms in total. The minimum Gasteiger partial charge on any atom is -0.458 e. The lowest BCUT2D eigenvalue weighted by molar-refractivity contribution is 0.540. The second-order valence-corrected chi connectivity index (χ2v) is 3.20. The lowest BCUT2D eigenvalue weighted by atomic mass is 10.1. The predicted molar refractivity (Wildman–Crippen MR) is 56.5 cm³/mol. The summed E-state index contributed by atoms with van der Waals surface area (Å²) in [6, 6.07) is 11.4. The molecule has 0 atom stereocenters. The number of nitriles is 2. The zero-order valence-corrected chi connectivity index (χ0v) is 8.18. The quantitative estimate of drug-likeness (QED) is 0.720. The van der Waals surface area contributed by atoms with E-state index in [2.05, 4.69) is 0 Å². The van der Waals surface area contributed by atoms with Crippen LogP contribution in [0.2, 0.25) is 0 Å². The molecule has 0 saturated heterocycles. The highest BCUT2D eigenvalue weighted by Crippen LogP contribution is 2.17. The van der Waals surface area contributed by atoms with Crippen LogP contribution in [0.4, 0.5) is 0 Å². The summed E-state index contributed by atoms with van der Waals surface area (Å²) in [5, 5.41) is 17.9. The highest BCUT2D eigenvalue weighted by atomic mass is 16.3. The summed E-state index contributed by atoms with van der Waals surface area (Å²) in [7, 11) is 0. The van der Waals surface area contributed by atoms with E-state index >= 15 is 0 Å². The van der Waals surface area contributed by atoms with E-state index in [0.717, 1.165) is 0 Å². The Bertz CT molecular complexity index is 660. The number of fused-ring (bicyclic) bond motifs is 1. The van der Waals surface area contributed by atoms with Crippen molar-refractivity contribution in [3.63, 3.8) is 0 Å². The Balaban J connectivity index is 2.74. The number of hydrogen-bond acceptors (Lipinski definition) is 4. The molecular formula is C12H6N2O2. The average molecular weight is 210 g/mol. The van der Waals surface area contributed by atoms with E-state index in [1.807, 2.05) is 0 Å². The number of para-hydroxylation sites is 1. The minimum absolute atomic E-state index is 0.0914. The fraction of sp³-hybridized carbons (Fsp3) is 0.0833. The van der Waals surface area contributed by atoms with E-state index in [1.54, 1.807) is 36.4 Å². The summed E-state index contributed by atoms with van der Waals surface area (Å²) in [4.78, 5) is 11.7. The van der Waals surface area contributed by atoms with Crippen LogP contribution in [0, 0.1) is 22.7 Å². The minimum atomic E-state index is -1.04. The molecule has 4 heteroatoms. The van der Waals surface area contributed by atoms with Gasteiger partial charge in [0.2, 0.25) is 0 Å². The molecule has 0 fully saturated rings. The number of benzene rings is 1. The summed E-state index contributed by atoms with van der Waals surface area (Å²) in [6.45, 7) is 0. The summed E-state index contributed by atoms with van der Waals surface area (Å²) < 4.78 is 5.34. The molecule has 16 heavy (non-hydrogen) atoms. The van der Waals surface area contributed by atoms with Crippen LogP contribution in [0.1, 0.15) is 11.7 Å². The summed E-state index contributed by atoms with van der Waals surface area (Å²) >= 11 is 0. The molecule has 1 aromatic heterocycles. The van der Waals surface area contributed by atoms with Crippen LogP contribution in [0.25, 0.3) is 11.0 Å². The monoisotopic (exact) mass is 210 g/mol. The normalized spacial score (nSPS) is 9.94. The standard InChI is InChI=1S/C12H6N2O2/c13-6-8(7-14)12-5-10(15)9-3-1-2-4-11(9)16-12/h1-5,8H. The van der Waals surface area contributed by atoms with Gasteiger partial charge in [-0.15, -0.1) is 0 Å². The van der Waals surface area contributed by atoms with Crippen LogP contribution in [0.3, 0.4) is 0 Å². The Morgan fingerprint density at radius 2 is 1.88 bits per heavy atom. The van der Waals surface area contributed by atoms with Crippen molar-refractivity contribution in [3.05, 3.63) is 46.3 Å². The first-order valence-corrected chi connectivity index (χ1v) is 4.58. The van der Waals surface area contributed by atoms with Crippen molar-refractivity contribution in [1.29, 1.82) is 10.5 Å². The Morgan fingerprint density at radius 1 is 1.19 bits per heavy atom. The molecule has 0 saturated carbocycles. The van der Waals surface area contributed by atoms with E-state index in [4.69, 9.17) is 14.9 Å². The van der Waals surface area contributed by atoms with Crippen LogP contribution in [0.15, 0.2) is 39.5 Å². The molecule has 0 N–H and O–H groups in total. The fourth-order valence-electron chi connectivity index (χ4n) is 1.42. The smallest absolute Gasteiger partial charge is 0.193 e. The van der Waals surface area contributed by atoms with Gasteiger partial charge in [0.15, 0.2) is 11.3 Å². The van der Waals surface area contributed by atoms with Crippen molar-refractivity contribution in [2.75, 3.05) is 0 Å². The van der Waals surface area contributed by atoms with E-state index in [9.17, 15) is 4.79 Å². The number of rotatable bonds is 1. The van der Waals surface area contributed by atoms with Crippen LogP contribution in [-0.2, 0) is 0 Å². The van der Waals surface area contributed by atoms with Gasteiger partial charge < -0.3 is 4.42 Å². The van der Waals surface area contributed by atoms with Crippen molar-refractivity contribution in [1.82, 2.24) is 0 Å². The molecule has 0 spiro atoms. The van der Waals surface area contributed by atoms with E-state index < -0.39 is 5.92 Å². The summed E-state index contributed by atoms with van der Waals surface area (Å²) in [5.41, 5.74) is 0.146. The van der Waals surface area contributed by atoms with Crippen LogP contribution < -0.4 is 5.43 Å². The summed E-state index contributed by atoms with van der Waals surface area (Å²) in [5.74, 6) is -0.953. The van der Waals surface area contributed by atoms with Gasteiger partial charge in [0.25, 0.3) is 0 Å². The third-order valence-electron chi connectivity index (χ3n) is 2.20. The molecule has 0 aliphatic rings. The van der Waals surface area contributed by atoms with Crippen molar-refractivity contribution in [3.8, 4) is 12.1 Å². The second kappa shape index (κ2) is 3.88. The van der Waals surface area contributed by atoms with Gasteiger partial charge in [-0.3, -0.25) is 4.79 Å². The molecule has 0 unspecified atom stereocenters. The Kier molecular flexibility index (Phi) is 2.41.